The summed E-state index contributed by atoms with van der Waals surface area (Å²) in [5.41, 5.74) is 1.52. The van der Waals surface area contributed by atoms with E-state index in [2.05, 4.69) is 15.5 Å². The fourth-order valence-electron chi connectivity index (χ4n) is 4.21. The Kier molecular flexibility index (Phi) is 7.56. The number of phenolic OH excluding ortho intramolecular Hbond substituents is 1. The number of nitrogens with one attached hydrogen (secondary N) is 1. The van der Waals surface area contributed by atoms with Gasteiger partial charge in [0, 0.05) is 17.1 Å². The number of methoxy groups -OCH3 is 1. The second-order valence-electron chi connectivity index (χ2n) is 8.97. The van der Waals surface area contributed by atoms with Gasteiger partial charge >= 0.3 is 0 Å². The number of carbonyl (C=O) groups is 1. The van der Waals surface area contributed by atoms with Gasteiger partial charge < -0.3 is 15.2 Å². The number of sulfone groups is 1. The lowest BCUT2D eigenvalue weighted by molar-refractivity contribution is 0.102. The third-order valence-corrected chi connectivity index (χ3v) is 7.86. The summed E-state index contributed by atoms with van der Waals surface area (Å²) in [7, 11) is -2.30. The minimum Gasteiger partial charge on any atom is -0.505 e. The van der Waals surface area contributed by atoms with Crippen LogP contribution in [-0.4, -0.2) is 26.5 Å². The zero-order valence-corrected chi connectivity index (χ0v) is 22.3. The Morgan fingerprint density at radius 1 is 0.850 bits per heavy atom. The molecule has 0 saturated heterocycles. The predicted octanol–water partition coefficient (Wildman–Crippen LogP) is 7.20. The predicted molar refractivity (Wildman–Crippen MR) is 155 cm³/mol. The van der Waals surface area contributed by atoms with Gasteiger partial charge in [0.05, 0.1) is 29.0 Å². The Morgan fingerprint density at radius 3 is 2.25 bits per heavy atom. The van der Waals surface area contributed by atoms with Crippen molar-refractivity contribution < 1.29 is 23.1 Å². The molecule has 40 heavy (non-hydrogen) atoms. The van der Waals surface area contributed by atoms with Crippen molar-refractivity contribution in [3.8, 4) is 11.5 Å². The number of anilines is 1. The molecule has 5 aromatic rings. The first kappa shape index (κ1) is 26.6. The van der Waals surface area contributed by atoms with Crippen molar-refractivity contribution in [2.24, 2.45) is 10.2 Å². The number of rotatable bonds is 8. The lowest BCUT2D eigenvalue weighted by Gasteiger charge is -2.11. The highest BCUT2D eigenvalue weighted by Crippen LogP contribution is 2.40. The summed E-state index contributed by atoms with van der Waals surface area (Å²) in [6.07, 6.45) is 0. The Labute approximate surface area is 231 Å². The summed E-state index contributed by atoms with van der Waals surface area (Å²) in [5, 5.41) is 23.7. The van der Waals surface area contributed by atoms with Gasteiger partial charge in [0.2, 0.25) is 0 Å². The quantitative estimate of drug-likeness (QED) is 0.198. The van der Waals surface area contributed by atoms with Crippen LogP contribution in [-0.2, 0) is 15.6 Å². The molecule has 200 valence electrons. The third kappa shape index (κ3) is 5.84. The first-order valence-electron chi connectivity index (χ1n) is 12.3. The molecule has 0 aliphatic rings. The Morgan fingerprint density at radius 2 is 1.52 bits per heavy atom. The maximum absolute atomic E-state index is 13.2. The monoisotopic (exact) mass is 551 g/mol. The molecule has 1 amide bonds. The van der Waals surface area contributed by atoms with E-state index in [1.165, 1.54) is 25.3 Å². The molecule has 2 N–H and O–H groups in total. The molecule has 0 bridgehead atoms. The van der Waals surface area contributed by atoms with E-state index in [9.17, 15) is 18.3 Å². The molecule has 9 heteroatoms. The maximum Gasteiger partial charge on any atom is 0.259 e. The zero-order chi connectivity index (χ0) is 28.1. The van der Waals surface area contributed by atoms with Crippen molar-refractivity contribution in [2.75, 3.05) is 12.4 Å². The second-order valence-corrected chi connectivity index (χ2v) is 11.0. The lowest BCUT2D eigenvalue weighted by Crippen LogP contribution is -2.12. The summed E-state index contributed by atoms with van der Waals surface area (Å²) >= 11 is 0. The van der Waals surface area contributed by atoms with Gasteiger partial charge in [0.1, 0.15) is 11.4 Å². The van der Waals surface area contributed by atoms with E-state index in [0.29, 0.717) is 22.0 Å². The number of benzene rings is 5. The van der Waals surface area contributed by atoms with Crippen LogP contribution in [0.1, 0.15) is 15.9 Å². The molecule has 0 spiro atoms. The van der Waals surface area contributed by atoms with Gasteiger partial charge in [0.15, 0.2) is 15.6 Å². The maximum atomic E-state index is 13.2. The van der Waals surface area contributed by atoms with Gasteiger partial charge in [-0.3, -0.25) is 4.79 Å². The normalized spacial score (nSPS) is 11.5. The van der Waals surface area contributed by atoms with Crippen molar-refractivity contribution in [3.63, 3.8) is 0 Å². The van der Waals surface area contributed by atoms with Crippen LogP contribution < -0.4 is 10.1 Å². The average molecular weight is 552 g/mol. The summed E-state index contributed by atoms with van der Waals surface area (Å²) in [5.74, 6) is -0.771. The number of hydrogen-bond acceptors (Lipinski definition) is 7. The number of azo groups is 1. The van der Waals surface area contributed by atoms with E-state index in [-0.39, 0.29) is 39.1 Å². The summed E-state index contributed by atoms with van der Waals surface area (Å²) in [4.78, 5) is 13.1. The van der Waals surface area contributed by atoms with Gasteiger partial charge in [-0.1, -0.05) is 72.8 Å². The van der Waals surface area contributed by atoms with Crippen LogP contribution in [0.4, 0.5) is 17.1 Å². The topological polar surface area (TPSA) is 117 Å². The standard InChI is InChI=1S/C31H25N3O5S/c1-39-25-17-24(18-26(19-25)40(37,38)20-21-10-4-2-5-11-21)33-34-29-27-15-9-8-12-22(27)16-28(30(29)35)31(36)32-23-13-6-3-7-14-23/h2-19,35H,20H2,1H3,(H,32,36). The van der Waals surface area contributed by atoms with E-state index in [1.807, 2.05) is 18.2 Å². The Hall–Kier alpha value is -5.02. The molecule has 0 fully saturated rings. The number of para-hydroxylation sites is 1. The Bertz CT molecular complexity index is 1820. The molecule has 8 nitrogen and oxygen atoms in total. The van der Waals surface area contributed by atoms with E-state index in [4.69, 9.17) is 4.74 Å². The molecule has 0 radical (unpaired) electrons. The fraction of sp³-hybridized carbons (Fsp3) is 0.0645. The molecule has 0 aliphatic carbocycles. The first-order chi connectivity index (χ1) is 19.3. The SMILES string of the molecule is COc1cc(N=Nc2c(O)c(C(=O)Nc3ccccc3)cc3ccccc23)cc(S(=O)(=O)Cc2ccccc2)c1. The highest BCUT2D eigenvalue weighted by Gasteiger charge is 2.20. The number of aromatic hydroxyl groups is 1. The minimum atomic E-state index is -3.73. The minimum absolute atomic E-state index is 0.0215. The number of phenols is 1. The number of amides is 1. The van der Waals surface area contributed by atoms with E-state index >= 15 is 0 Å². The van der Waals surface area contributed by atoms with Crippen molar-refractivity contribution in [1.29, 1.82) is 0 Å². The van der Waals surface area contributed by atoms with Crippen molar-refractivity contribution in [1.82, 2.24) is 0 Å². The summed E-state index contributed by atoms with van der Waals surface area (Å²) in [6, 6.07) is 30.8. The number of fused-ring (bicyclic) bond motifs is 1. The molecule has 5 rings (SSSR count). The van der Waals surface area contributed by atoms with Gasteiger partial charge in [-0.05, 0) is 41.3 Å². The third-order valence-electron chi connectivity index (χ3n) is 6.20. The molecule has 0 aliphatic heterocycles. The molecule has 0 aromatic heterocycles. The first-order valence-corrected chi connectivity index (χ1v) is 14.0. The zero-order valence-electron chi connectivity index (χ0n) is 21.5. The number of carbonyl (C=O) groups excluding carboxylic acids is 1. The van der Waals surface area contributed by atoms with Crippen LogP contribution in [0, 0.1) is 0 Å². The smallest absolute Gasteiger partial charge is 0.259 e. The molecule has 0 saturated carbocycles. The summed E-state index contributed by atoms with van der Waals surface area (Å²) in [6.45, 7) is 0. The average Bonchev–Trinajstić information content (AvgIpc) is 2.97. The van der Waals surface area contributed by atoms with Crippen molar-refractivity contribution >= 4 is 43.6 Å². The van der Waals surface area contributed by atoms with Gasteiger partial charge in [-0.2, -0.15) is 5.11 Å². The van der Waals surface area contributed by atoms with Crippen LogP contribution in [0.2, 0.25) is 0 Å². The molecule has 5 aromatic carbocycles. The number of nitrogens with zero attached hydrogens (tertiary/aromatic N) is 2. The Balaban J connectivity index is 1.54. The van der Waals surface area contributed by atoms with Crippen LogP contribution in [0.25, 0.3) is 10.8 Å². The van der Waals surface area contributed by atoms with Crippen LogP contribution in [0.5, 0.6) is 11.5 Å². The highest BCUT2D eigenvalue weighted by molar-refractivity contribution is 7.90. The molecule has 0 atom stereocenters. The molecular weight excluding hydrogens is 526 g/mol. The van der Waals surface area contributed by atoms with Crippen molar-refractivity contribution in [2.45, 2.75) is 10.6 Å². The largest absolute Gasteiger partial charge is 0.505 e. The second kappa shape index (κ2) is 11.4. The number of ether oxygens (including phenoxy) is 1. The van der Waals surface area contributed by atoms with Gasteiger partial charge in [-0.25, -0.2) is 8.42 Å². The molecular formula is C31H25N3O5S. The van der Waals surface area contributed by atoms with Crippen LogP contribution in [0.3, 0.4) is 0 Å². The molecule has 0 heterocycles. The highest BCUT2D eigenvalue weighted by atomic mass is 32.2. The van der Waals surface area contributed by atoms with E-state index in [1.54, 1.807) is 72.8 Å². The number of hydrogen-bond donors (Lipinski definition) is 2. The lowest BCUT2D eigenvalue weighted by atomic mass is 10.0. The fourth-order valence-corrected chi connectivity index (χ4v) is 5.60. The van der Waals surface area contributed by atoms with Crippen LogP contribution in [0.15, 0.2) is 124 Å². The summed E-state index contributed by atoms with van der Waals surface area (Å²) < 4.78 is 31.7. The van der Waals surface area contributed by atoms with Gasteiger partial charge in [-0.15, -0.1) is 5.11 Å². The van der Waals surface area contributed by atoms with E-state index < -0.39 is 15.7 Å². The van der Waals surface area contributed by atoms with Gasteiger partial charge in [0.25, 0.3) is 5.91 Å². The molecule has 0 unspecified atom stereocenters. The van der Waals surface area contributed by atoms with Crippen molar-refractivity contribution in [3.05, 3.63) is 120 Å². The van der Waals surface area contributed by atoms with Crippen LogP contribution >= 0.6 is 0 Å². The van der Waals surface area contributed by atoms with E-state index in [0.717, 1.165) is 0 Å².